The van der Waals surface area contributed by atoms with Crippen molar-refractivity contribution >= 4 is 38.7 Å². The Balaban J connectivity index is 1.73. The average Bonchev–Trinajstić information content (AvgIpc) is 3.00. The minimum atomic E-state index is -0.923. The highest BCUT2D eigenvalue weighted by atomic mass is 16.8. The zero-order chi connectivity index (χ0) is 19.0. The second-order valence-electron chi connectivity index (χ2n) is 7.55. The summed E-state index contributed by atoms with van der Waals surface area (Å²) in [6.07, 6.45) is -1.36. The number of H-pyrrole nitrogens is 1. The molecule has 0 radical (unpaired) electrons. The first kappa shape index (κ1) is 15.5. The van der Waals surface area contributed by atoms with Crippen LogP contribution in [0.1, 0.15) is 18.6 Å². The van der Waals surface area contributed by atoms with Gasteiger partial charge in [0, 0.05) is 10.8 Å². The molecule has 0 bridgehead atoms. The Bertz CT molecular complexity index is 1390. The highest BCUT2D eigenvalue weighted by molar-refractivity contribution is 6.02. The van der Waals surface area contributed by atoms with E-state index in [-0.39, 0.29) is 12.0 Å². The molecule has 2 unspecified atom stereocenters. The third-order valence-corrected chi connectivity index (χ3v) is 5.70. The molecule has 1 fully saturated rings. The maximum atomic E-state index is 13.3. The molecule has 0 saturated carbocycles. The second-order valence-corrected chi connectivity index (χ2v) is 7.55. The number of carbonyl (C=O) groups is 1. The van der Waals surface area contributed by atoms with Crippen molar-refractivity contribution in [3.05, 3.63) is 64.3 Å². The molecule has 3 aromatic carbocycles. The summed E-state index contributed by atoms with van der Waals surface area (Å²) in [5.74, 6) is 0.587. The minimum absolute atomic E-state index is 0.0742. The number of ether oxygens (including phenoxy) is 3. The first-order valence-corrected chi connectivity index (χ1v) is 9.07. The van der Waals surface area contributed by atoms with Crippen LogP contribution in [0.4, 0.5) is 4.79 Å². The molecule has 6 heteroatoms. The van der Waals surface area contributed by atoms with Crippen LogP contribution in [-0.2, 0) is 9.47 Å². The molecule has 1 N–H and O–H groups in total. The number of hydrogen-bond donors (Lipinski definition) is 1. The molecule has 1 aromatic heterocycles. The van der Waals surface area contributed by atoms with Crippen LogP contribution in [-0.4, -0.2) is 23.3 Å². The van der Waals surface area contributed by atoms with Crippen molar-refractivity contribution in [3.8, 4) is 5.75 Å². The van der Waals surface area contributed by atoms with E-state index >= 15 is 0 Å². The number of benzene rings is 3. The predicted molar refractivity (Wildman–Crippen MR) is 104 cm³/mol. The van der Waals surface area contributed by atoms with E-state index in [9.17, 15) is 9.59 Å². The molecule has 6 nitrogen and oxygen atoms in total. The van der Waals surface area contributed by atoms with Crippen LogP contribution < -0.4 is 10.2 Å². The van der Waals surface area contributed by atoms with Gasteiger partial charge in [0.15, 0.2) is 17.1 Å². The molecule has 0 spiro atoms. The van der Waals surface area contributed by atoms with Crippen molar-refractivity contribution in [1.29, 1.82) is 0 Å². The standard InChI is InChI=1S/C22H15NO5/c1-22-10-26-16-7-6-13-18(17(16)20(22)27-21(25)28-22)23-15-9-12-5-3-2-4-11(12)8-14(15)19(13)24/h2-9,20H,10H2,1H3,(H,23,24). The highest BCUT2D eigenvalue weighted by Gasteiger charge is 2.53. The monoisotopic (exact) mass is 373 g/mol. The highest BCUT2D eigenvalue weighted by Crippen LogP contribution is 2.48. The molecular weight excluding hydrogens is 358 g/mol. The summed E-state index contributed by atoms with van der Waals surface area (Å²) in [5, 5.41) is 3.18. The fourth-order valence-corrected chi connectivity index (χ4v) is 4.30. The van der Waals surface area contributed by atoms with E-state index in [1.807, 2.05) is 36.4 Å². The SMILES string of the molecule is CC12COc3ccc4c(=O)c5cc6ccccc6cc5[nH]c4c3C1OC(=O)O2. The quantitative estimate of drug-likeness (QED) is 0.369. The van der Waals surface area contributed by atoms with Crippen LogP contribution in [0.2, 0.25) is 0 Å². The maximum Gasteiger partial charge on any atom is 0.509 e. The number of nitrogens with one attached hydrogen (secondary N) is 1. The fraction of sp³-hybridized carbons (Fsp3) is 0.182. The van der Waals surface area contributed by atoms with Gasteiger partial charge in [-0.1, -0.05) is 24.3 Å². The topological polar surface area (TPSA) is 77.6 Å². The van der Waals surface area contributed by atoms with Crippen molar-refractivity contribution in [2.45, 2.75) is 18.6 Å². The van der Waals surface area contributed by atoms with Gasteiger partial charge in [-0.25, -0.2) is 4.79 Å². The molecule has 138 valence electrons. The van der Waals surface area contributed by atoms with E-state index in [0.29, 0.717) is 27.6 Å². The number of carbonyl (C=O) groups excluding carboxylic acids is 1. The van der Waals surface area contributed by atoms with E-state index in [1.165, 1.54) is 0 Å². The third kappa shape index (κ3) is 1.92. The maximum absolute atomic E-state index is 13.3. The Morgan fingerprint density at radius 2 is 1.82 bits per heavy atom. The number of fused-ring (bicyclic) bond motifs is 7. The minimum Gasteiger partial charge on any atom is -0.489 e. The van der Waals surface area contributed by atoms with Gasteiger partial charge in [0.05, 0.1) is 16.6 Å². The summed E-state index contributed by atoms with van der Waals surface area (Å²) >= 11 is 0. The van der Waals surface area contributed by atoms with E-state index in [2.05, 4.69) is 4.98 Å². The normalized spacial score (nSPS) is 23.2. The zero-order valence-electron chi connectivity index (χ0n) is 14.9. The summed E-state index contributed by atoms with van der Waals surface area (Å²) in [4.78, 5) is 28.5. The summed E-state index contributed by atoms with van der Waals surface area (Å²) in [6.45, 7) is 1.97. The number of pyridine rings is 1. The van der Waals surface area contributed by atoms with E-state index in [4.69, 9.17) is 14.2 Å². The second kappa shape index (κ2) is 5.04. The number of rotatable bonds is 0. The molecule has 2 atom stereocenters. The van der Waals surface area contributed by atoms with Gasteiger partial charge in [0.2, 0.25) is 0 Å². The lowest BCUT2D eigenvalue weighted by atomic mass is 9.88. The summed E-state index contributed by atoms with van der Waals surface area (Å²) in [5.41, 5.74) is 0.980. The van der Waals surface area contributed by atoms with Crippen LogP contribution in [0.25, 0.3) is 32.6 Å². The molecule has 2 aliphatic heterocycles. The molecule has 0 aliphatic carbocycles. The van der Waals surface area contributed by atoms with Gasteiger partial charge in [-0.15, -0.1) is 0 Å². The van der Waals surface area contributed by atoms with Crippen LogP contribution in [0.15, 0.2) is 53.3 Å². The molecule has 2 aliphatic rings. The summed E-state index contributed by atoms with van der Waals surface area (Å²) in [6, 6.07) is 15.3. The molecule has 4 aromatic rings. The van der Waals surface area contributed by atoms with Gasteiger partial charge in [0.25, 0.3) is 0 Å². The van der Waals surface area contributed by atoms with Crippen LogP contribution in [0.5, 0.6) is 5.75 Å². The predicted octanol–water partition coefficient (Wildman–Crippen LogP) is 4.19. The summed E-state index contributed by atoms with van der Waals surface area (Å²) in [7, 11) is 0. The lowest BCUT2D eigenvalue weighted by molar-refractivity contribution is -0.0131. The average molecular weight is 373 g/mol. The first-order valence-electron chi connectivity index (χ1n) is 9.07. The van der Waals surface area contributed by atoms with Crippen molar-refractivity contribution in [1.82, 2.24) is 4.98 Å². The molecule has 1 saturated heterocycles. The lowest BCUT2D eigenvalue weighted by Gasteiger charge is -2.33. The largest absolute Gasteiger partial charge is 0.509 e. The molecular formula is C22H15NO5. The molecule has 0 amide bonds. The fourth-order valence-electron chi connectivity index (χ4n) is 4.30. The number of aromatic nitrogens is 1. The zero-order valence-corrected chi connectivity index (χ0v) is 14.9. The van der Waals surface area contributed by atoms with Crippen molar-refractivity contribution < 1.29 is 19.0 Å². The molecule has 6 rings (SSSR count). The van der Waals surface area contributed by atoms with Gasteiger partial charge < -0.3 is 19.2 Å². The third-order valence-electron chi connectivity index (χ3n) is 5.70. The van der Waals surface area contributed by atoms with E-state index < -0.39 is 17.9 Å². The van der Waals surface area contributed by atoms with Crippen molar-refractivity contribution in [2.24, 2.45) is 0 Å². The van der Waals surface area contributed by atoms with Gasteiger partial charge >= 0.3 is 6.16 Å². The Labute approximate surface area is 158 Å². The van der Waals surface area contributed by atoms with Gasteiger partial charge in [-0.05, 0) is 42.0 Å². The Morgan fingerprint density at radius 1 is 1.04 bits per heavy atom. The molecule has 3 heterocycles. The number of aromatic amines is 1. The van der Waals surface area contributed by atoms with Crippen LogP contribution in [0.3, 0.4) is 0 Å². The van der Waals surface area contributed by atoms with Gasteiger partial charge in [-0.2, -0.15) is 0 Å². The summed E-state index contributed by atoms with van der Waals surface area (Å²) < 4.78 is 16.7. The lowest BCUT2D eigenvalue weighted by Crippen LogP contribution is -2.41. The van der Waals surface area contributed by atoms with Crippen molar-refractivity contribution in [3.63, 3.8) is 0 Å². The van der Waals surface area contributed by atoms with Gasteiger partial charge in [0.1, 0.15) is 12.4 Å². The van der Waals surface area contributed by atoms with E-state index in [1.54, 1.807) is 19.1 Å². The number of hydrogen-bond acceptors (Lipinski definition) is 5. The Hall–Kier alpha value is -3.54. The van der Waals surface area contributed by atoms with Crippen LogP contribution >= 0.6 is 0 Å². The Morgan fingerprint density at radius 3 is 2.64 bits per heavy atom. The van der Waals surface area contributed by atoms with Crippen molar-refractivity contribution in [2.75, 3.05) is 6.61 Å². The van der Waals surface area contributed by atoms with E-state index in [0.717, 1.165) is 16.3 Å². The Kier molecular flexibility index (Phi) is 2.79. The smallest absolute Gasteiger partial charge is 0.489 e. The van der Waals surface area contributed by atoms with Crippen LogP contribution in [0, 0.1) is 0 Å². The van der Waals surface area contributed by atoms with Gasteiger partial charge in [-0.3, -0.25) is 4.79 Å². The molecule has 28 heavy (non-hydrogen) atoms. The first-order chi connectivity index (χ1) is 13.5.